The number of carbonyl (C=O) groups is 1. The van der Waals surface area contributed by atoms with Gasteiger partial charge in [-0.3, -0.25) is 0 Å². The summed E-state index contributed by atoms with van der Waals surface area (Å²) in [6, 6.07) is 7.36. The number of ether oxygens (including phenoxy) is 2. The molecule has 0 amide bonds. The lowest BCUT2D eigenvalue weighted by Gasteiger charge is -2.12. The molecule has 6 heteroatoms. The van der Waals surface area contributed by atoms with Crippen molar-refractivity contribution in [1.82, 2.24) is 9.59 Å². The Morgan fingerprint density at radius 1 is 1.32 bits per heavy atom. The van der Waals surface area contributed by atoms with Crippen LogP contribution in [0.4, 0.5) is 0 Å². The van der Waals surface area contributed by atoms with E-state index >= 15 is 0 Å². The van der Waals surface area contributed by atoms with Crippen LogP contribution in [0.2, 0.25) is 0 Å². The second-order valence-corrected chi connectivity index (χ2v) is 5.79. The zero-order chi connectivity index (χ0) is 15.9. The minimum absolute atomic E-state index is 0.0988. The summed E-state index contributed by atoms with van der Waals surface area (Å²) in [5.41, 5.74) is 1.38. The molecule has 1 heterocycles. The first kappa shape index (κ1) is 16.4. The van der Waals surface area contributed by atoms with Gasteiger partial charge in [0.2, 0.25) is 0 Å². The molecular weight excluding hydrogens is 300 g/mol. The Balaban J connectivity index is 2.12. The fraction of sp³-hybridized carbons (Fsp3) is 0.438. The summed E-state index contributed by atoms with van der Waals surface area (Å²) < 4.78 is 14.5. The van der Waals surface area contributed by atoms with Crippen molar-refractivity contribution in [2.45, 2.75) is 39.2 Å². The smallest absolute Gasteiger partial charge is 0.352 e. The van der Waals surface area contributed by atoms with Crippen LogP contribution in [0.1, 0.15) is 42.8 Å². The maximum atomic E-state index is 12.3. The van der Waals surface area contributed by atoms with Crippen LogP contribution >= 0.6 is 11.5 Å². The predicted octanol–water partition coefficient (Wildman–Crippen LogP) is 3.95. The molecule has 0 saturated carbocycles. The van der Waals surface area contributed by atoms with Crippen LogP contribution < -0.4 is 4.74 Å². The van der Waals surface area contributed by atoms with Gasteiger partial charge in [0.25, 0.3) is 0 Å². The minimum Gasteiger partial charge on any atom is -0.497 e. The fourth-order valence-electron chi connectivity index (χ4n) is 2.05. The van der Waals surface area contributed by atoms with Gasteiger partial charge in [0.1, 0.15) is 11.4 Å². The van der Waals surface area contributed by atoms with E-state index in [4.69, 9.17) is 9.47 Å². The van der Waals surface area contributed by atoms with Crippen LogP contribution in [0.15, 0.2) is 24.3 Å². The van der Waals surface area contributed by atoms with Crippen molar-refractivity contribution >= 4 is 17.5 Å². The number of nitrogens with zero attached hydrogens (tertiary/aromatic N) is 2. The average Bonchev–Trinajstić information content (AvgIpc) is 3.02. The molecule has 0 radical (unpaired) electrons. The van der Waals surface area contributed by atoms with Crippen LogP contribution in [0.5, 0.6) is 5.75 Å². The first-order valence-corrected chi connectivity index (χ1v) is 8.10. The highest BCUT2D eigenvalue weighted by atomic mass is 32.1. The maximum Gasteiger partial charge on any atom is 0.352 e. The Labute approximate surface area is 134 Å². The minimum atomic E-state index is -0.357. The van der Waals surface area contributed by atoms with Gasteiger partial charge < -0.3 is 9.47 Å². The van der Waals surface area contributed by atoms with Crippen LogP contribution in [-0.4, -0.2) is 28.8 Å². The molecule has 0 aliphatic heterocycles. The van der Waals surface area contributed by atoms with Gasteiger partial charge in [-0.05, 0) is 49.1 Å². The van der Waals surface area contributed by atoms with Crippen LogP contribution in [0, 0.1) is 0 Å². The lowest BCUT2D eigenvalue weighted by atomic mass is 10.1. The topological polar surface area (TPSA) is 61.3 Å². The molecule has 1 atom stereocenters. The summed E-state index contributed by atoms with van der Waals surface area (Å²) in [5, 5.41) is 4.06. The van der Waals surface area contributed by atoms with E-state index in [1.807, 2.05) is 31.2 Å². The van der Waals surface area contributed by atoms with Crippen molar-refractivity contribution < 1.29 is 14.3 Å². The summed E-state index contributed by atoms with van der Waals surface area (Å²) in [6.07, 6.45) is 2.90. The largest absolute Gasteiger partial charge is 0.497 e. The molecule has 5 nitrogen and oxygen atoms in total. The Morgan fingerprint density at radius 2 is 2.05 bits per heavy atom. The second kappa shape index (κ2) is 7.89. The number of unbranched alkanes of at least 4 members (excludes halogenated alkanes) is 1. The van der Waals surface area contributed by atoms with Crippen LogP contribution in [-0.2, 0) is 4.74 Å². The van der Waals surface area contributed by atoms with E-state index in [1.54, 1.807) is 7.11 Å². The number of hydrogen-bond acceptors (Lipinski definition) is 6. The zero-order valence-electron chi connectivity index (χ0n) is 13.0. The van der Waals surface area contributed by atoms with E-state index < -0.39 is 0 Å². The van der Waals surface area contributed by atoms with Gasteiger partial charge in [-0.25, -0.2) is 4.79 Å². The molecule has 0 spiro atoms. The molecule has 0 aliphatic carbocycles. The molecule has 22 heavy (non-hydrogen) atoms. The van der Waals surface area contributed by atoms with Crippen molar-refractivity contribution in [2.24, 2.45) is 0 Å². The van der Waals surface area contributed by atoms with E-state index in [0.29, 0.717) is 10.6 Å². The summed E-state index contributed by atoms with van der Waals surface area (Å²) in [7, 11) is 1.61. The van der Waals surface area contributed by atoms with E-state index in [2.05, 4.69) is 16.5 Å². The quantitative estimate of drug-likeness (QED) is 0.723. The normalized spacial score (nSPS) is 12.0. The second-order valence-electron chi connectivity index (χ2n) is 5.04. The van der Waals surface area contributed by atoms with E-state index in [1.165, 1.54) is 0 Å². The molecule has 0 N–H and O–H groups in total. The van der Waals surface area contributed by atoms with E-state index in [-0.39, 0.29) is 12.1 Å². The number of carbonyl (C=O) groups excluding carboxylic acids is 1. The molecule has 0 saturated heterocycles. The Morgan fingerprint density at radius 3 is 2.68 bits per heavy atom. The van der Waals surface area contributed by atoms with Crippen molar-refractivity contribution in [3.05, 3.63) is 29.1 Å². The summed E-state index contributed by atoms with van der Waals surface area (Å²) in [4.78, 5) is 12.7. The molecule has 2 rings (SSSR count). The van der Waals surface area contributed by atoms with Gasteiger partial charge >= 0.3 is 5.97 Å². The van der Waals surface area contributed by atoms with Crippen molar-refractivity contribution in [1.29, 1.82) is 0 Å². The summed E-state index contributed by atoms with van der Waals surface area (Å²) >= 11 is 1.06. The predicted molar refractivity (Wildman–Crippen MR) is 86.3 cm³/mol. The van der Waals surface area contributed by atoms with Crippen molar-refractivity contribution in [3.63, 3.8) is 0 Å². The third kappa shape index (κ3) is 4.04. The third-order valence-corrected chi connectivity index (χ3v) is 4.02. The molecule has 1 unspecified atom stereocenters. The Hall–Kier alpha value is -1.95. The first-order chi connectivity index (χ1) is 10.7. The maximum absolute atomic E-state index is 12.3. The van der Waals surface area contributed by atoms with Crippen molar-refractivity contribution in [3.8, 4) is 17.0 Å². The Bertz CT molecular complexity index is 610. The molecular formula is C16H20N2O3S. The highest BCUT2D eigenvalue weighted by Crippen LogP contribution is 2.26. The number of rotatable bonds is 7. The highest BCUT2D eigenvalue weighted by molar-refractivity contribution is 7.08. The van der Waals surface area contributed by atoms with E-state index in [9.17, 15) is 4.79 Å². The monoisotopic (exact) mass is 320 g/mol. The average molecular weight is 320 g/mol. The van der Waals surface area contributed by atoms with Gasteiger partial charge in [0, 0.05) is 5.56 Å². The molecule has 0 aliphatic rings. The van der Waals surface area contributed by atoms with Gasteiger partial charge in [-0.15, -0.1) is 5.10 Å². The highest BCUT2D eigenvalue weighted by Gasteiger charge is 2.21. The van der Waals surface area contributed by atoms with Gasteiger partial charge in [-0.1, -0.05) is 24.3 Å². The summed E-state index contributed by atoms with van der Waals surface area (Å²) in [5.74, 6) is 0.397. The zero-order valence-corrected chi connectivity index (χ0v) is 13.9. The van der Waals surface area contributed by atoms with Gasteiger partial charge in [0.05, 0.1) is 13.2 Å². The number of methoxy groups -OCH3 is 1. The molecule has 2 aromatic rings. The third-order valence-electron chi connectivity index (χ3n) is 3.31. The Kier molecular flexibility index (Phi) is 5.89. The molecule has 0 fully saturated rings. The van der Waals surface area contributed by atoms with Crippen molar-refractivity contribution in [2.75, 3.05) is 7.11 Å². The number of esters is 1. The van der Waals surface area contributed by atoms with Gasteiger partial charge in [-0.2, -0.15) is 0 Å². The molecule has 118 valence electrons. The van der Waals surface area contributed by atoms with E-state index in [0.717, 1.165) is 42.1 Å². The number of aromatic nitrogens is 2. The lowest BCUT2D eigenvalue weighted by Crippen LogP contribution is -2.14. The summed E-state index contributed by atoms with van der Waals surface area (Å²) in [6.45, 7) is 4.03. The lowest BCUT2D eigenvalue weighted by molar-refractivity contribution is 0.0327. The first-order valence-electron chi connectivity index (χ1n) is 7.33. The SMILES string of the molecule is CCCCC(C)OC(=O)c1snnc1-c1ccc(OC)cc1. The number of benzene rings is 1. The molecule has 1 aromatic heterocycles. The molecule has 0 bridgehead atoms. The van der Waals surface area contributed by atoms with Crippen LogP contribution in [0.3, 0.4) is 0 Å². The van der Waals surface area contributed by atoms with Crippen LogP contribution in [0.25, 0.3) is 11.3 Å². The fourth-order valence-corrected chi connectivity index (χ4v) is 2.62. The number of hydrogen-bond donors (Lipinski definition) is 0. The molecule has 1 aromatic carbocycles. The van der Waals surface area contributed by atoms with Gasteiger partial charge in [0.15, 0.2) is 4.88 Å². The standard InChI is InChI=1S/C16H20N2O3S/c1-4-5-6-11(2)21-16(19)15-14(17-18-22-15)12-7-9-13(20-3)10-8-12/h7-11H,4-6H2,1-3H3.